The second-order valence-corrected chi connectivity index (χ2v) is 14.4. The lowest BCUT2D eigenvalue weighted by Crippen LogP contribution is -2.55. The highest BCUT2D eigenvalue weighted by Gasteiger charge is 2.55. The molecule has 0 radical (unpaired) electrons. The molecule has 15 heteroatoms. The average Bonchev–Trinajstić information content (AvgIpc) is 3.72. The molecule has 0 saturated carbocycles. The van der Waals surface area contributed by atoms with Crippen molar-refractivity contribution in [2.45, 2.75) is 49.3 Å². The third kappa shape index (κ3) is 5.39. The number of phosphoric acid groups is 1. The number of hydrogen-bond acceptors (Lipinski definition) is 12. The Morgan fingerprint density at radius 3 is 2.78 bits per heavy atom. The van der Waals surface area contributed by atoms with Gasteiger partial charge in [0, 0.05) is 29.7 Å². The number of piperidine rings is 3. The van der Waals surface area contributed by atoms with Gasteiger partial charge in [0.2, 0.25) is 12.5 Å². The first-order chi connectivity index (χ1) is 23.6. The number of nitrogens with zero attached hydrogens (tertiary/aromatic N) is 2. The summed E-state index contributed by atoms with van der Waals surface area (Å²) in [7, 11) is -2.65. The van der Waals surface area contributed by atoms with Crippen LogP contribution in [0.15, 0.2) is 55.3 Å². The summed E-state index contributed by atoms with van der Waals surface area (Å²) in [6.07, 6.45) is 3.66. The molecule has 1 amide bonds. The quantitative estimate of drug-likeness (QED) is 0.198. The number of rotatable bonds is 4. The van der Waals surface area contributed by atoms with Gasteiger partial charge in [-0.1, -0.05) is 6.08 Å². The van der Waals surface area contributed by atoms with Gasteiger partial charge in [-0.15, -0.1) is 6.58 Å². The number of phenolic OH excluding ortho intramolecular Hbond substituents is 1. The fourth-order valence-corrected chi connectivity index (χ4v) is 9.23. The third-order valence-corrected chi connectivity index (χ3v) is 11.5. The van der Waals surface area contributed by atoms with Gasteiger partial charge in [0.1, 0.15) is 24.1 Å². The lowest BCUT2D eigenvalue weighted by molar-refractivity contribution is -0.0444. The Labute approximate surface area is 281 Å². The van der Waals surface area contributed by atoms with E-state index in [0.717, 1.165) is 41.7 Å². The minimum absolute atomic E-state index is 0.0245. The van der Waals surface area contributed by atoms with Crippen LogP contribution in [-0.4, -0.2) is 93.4 Å². The topological polar surface area (TPSA) is 189 Å². The second kappa shape index (κ2) is 12.1. The Bertz CT molecular complexity index is 1940. The number of methoxy groups -OCH3 is 1. The van der Waals surface area contributed by atoms with Gasteiger partial charge in [0.15, 0.2) is 11.5 Å². The van der Waals surface area contributed by atoms with Crippen LogP contribution in [0.4, 0.5) is 0 Å². The van der Waals surface area contributed by atoms with Crippen molar-refractivity contribution in [3.8, 4) is 23.0 Å². The van der Waals surface area contributed by atoms with E-state index in [-0.39, 0.29) is 35.6 Å². The molecule has 10 atom stereocenters. The van der Waals surface area contributed by atoms with Crippen LogP contribution >= 0.6 is 7.82 Å². The first-order valence-electron chi connectivity index (χ1n) is 16.1. The molecule has 1 aromatic heterocycles. The summed E-state index contributed by atoms with van der Waals surface area (Å²) >= 11 is 0. The number of amides is 1. The van der Waals surface area contributed by atoms with Crippen LogP contribution in [0.1, 0.15) is 40.4 Å². The number of fused-ring (bicyclic) bond motifs is 10. The molecule has 4 fully saturated rings. The molecular formula is C34H36N3O11P. The van der Waals surface area contributed by atoms with Crippen LogP contribution in [0.25, 0.3) is 16.5 Å². The van der Waals surface area contributed by atoms with E-state index in [0.29, 0.717) is 23.0 Å². The van der Waals surface area contributed by atoms with Gasteiger partial charge in [-0.2, -0.15) is 0 Å². The Kier molecular flexibility index (Phi) is 7.95. The Balaban J connectivity index is 0.000000142. The first kappa shape index (κ1) is 32.2. The lowest BCUT2D eigenvalue weighted by Gasteiger charge is -2.50. The molecule has 5 N–H and O–H groups in total. The van der Waals surface area contributed by atoms with Crippen molar-refractivity contribution in [1.29, 1.82) is 0 Å². The predicted molar refractivity (Wildman–Crippen MR) is 174 cm³/mol. The molecule has 0 spiro atoms. The summed E-state index contributed by atoms with van der Waals surface area (Å²) in [6.45, 7) is 5.98. The molecule has 3 aromatic rings. The van der Waals surface area contributed by atoms with Crippen LogP contribution in [0.5, 0.6) is 23.0 Å². The van der Waals surface area contributed by atoms with E-state index in [1.54, 1.807) is 13.3 Å². The summed E-state index contributed by atoms with van der Waals surface area (Å²) < 4.78 is 37.4. The lowest BCUT2D eigenvalue weighted by atomic mass is 9.73. The van der Waals surface area contributed by atoms with E-state index in [1.165, 1.54) is 18.6 Å². The minimum Gasteiger partial charge on any atom is -0.504 e. The van der Waals surface area contributed by atoms with Crippen molar-refractivity contribution < 1.29 is 52.8 Å². The number of nitrogens with one attached hydrogen (secondary N) is 1. The van der Waals surface area contributed by atoms with E-state index in [4.69, 9.17) is 23.3 Å². The minimum atomic E-state index is -4.31. The van der Waals surface area contributed by atoms with Crippen LogP contribution in [-0.2, 0) is 13.6 Å². The van der Waals surface area contributed by atoms with Crippen LogP contribution in [0.3, 0.4) is 0 Å². The number of pyridine rings is 1. The van der Waals surface area contributed by atoms with Gasteiger partial charge >= 0.3 is 7.82 Å². The molecule has 258 valence electrons. The summed E-state index contributed by atoms with van der Waals surface area (Å²) in [5, 5.41) is 35.4. The maximum atomic E-state index is 12.5. The number of carbonyl (C=O) groups is 1. The molecule has 1 aliphatic carbocycles. The fraction of sp³-hybridized carbons (Fsp3) is 0.412. The largest absolute Gasteiger partial charge is 0.504 e. The number of hydrogen-bond donors (Lipinski definition) is 5. The SMILES string of the molecule is C=C[C@H]1CN2CC[C@H]1C[C@H]2[C@H](O)c1ccnc2ccc(OC)cc12.O=C1N[C@@H]2C(=C[C@H](O)[C@H]3OP(=O)(O)O[C@H]32)c2cc3c(c(O)c21)OCO3. The zero-order chi connectivity index (χ0) is 34.2. The highest BCUT2D eigenvalue weighted by Crippen LogP contribution is 2.58. The van der Waals surface area contributed by atoms with Crippen molar-refractivity contribution in [3.63, 3.8) is 0 Å². The van der Waals surface area contributed by atoms with Gasteiger partial charge in [-0.3, -0.25) is 23.7 Å². The average molecular weight is 694 g/mol. The van der Waals surface area contributed by atoms with E-state index >= 15 is 0 Å². The van der Waals surface area contributed by atoms with Gasteiger partial charge < -0.3 is 39.7 Å². The van der Waals surface area contributed by atoms with E-state index in [9.17, 15) is 29.6 Å². The van der Waals surface area contributed by atoms with Crippen molar-refractivity contribution in [1.82, 2.24) is 15.2 Å². The second-order valence-electron chi connectivity index (χ2n) is 13.0. The predicted octanol–water partition coefficient (Wildman–Crippen LogP) is 3.05. The van der Waals surface area contributed by atoms with Gasteiger partial charge in [0.25, 0.3) is 5.91 Å². The number of benzene rings is 2. The first-order valence-corrected chi connectivity index (χ1v) is 17.6. The van der Waals surface area contributed by atoms with Gasteiger partial charge in [-0.05, 0) is 78.8 Å². The number of ether oxygens (including phenoxy) is 3. The monoisotopic (exact) mass is 693 g/mol. The van der Waals surface area contributed by atoms with Crippen LogP contribution < -0.4 is 19.5 Å². The molecule has 2 unspecified atom stereocenters. The number of aromatic hydroxyl groups is 1. The Hall–Kier alpha value is -4.01. The zero-order valence-corrected chi connectivity index (χ0v) is 27.4. The highest BCUT2D eigenvalue weighted by molar-refractivity contribution is 7.47. The number of phosphoric ester groups is 1. The summed E-state index contributed by atoms with van der Waals surface area (Å²) in [5.74, 6) is 1.37. The van der Waals surface area contributed by atoms with Crippen LogP contribution in [0.2, 0.25) is 0 Å². The summed E-state index contributed by atoms with van der Waals surface area (Å²) in [5.41, 5.74) is 2.58. The normalized spacial score (nSPS) is 34.0. The van der Waals surface area contributed by atoms with Crippen molar-refractivity contribution in [2.24, 2.45) is 11.8 Å². The van der Waals surface area contributed by atoms with Gasteiger partial charge in [-0.25, -0.2) is 4.57 Å². The zero-order valence-electron chi connectivity index (χ0n) is 26.5. The molecule has 6 aliphatic heterocycles. The van der Waals surface area contributed by atoms with Gasteiger partial charge in [0.05, 0.1) is 30.3 Å². The third-order valence-electron chi connectivity index (χ3n) is 10.5. The van der Waals surface area contributed by atoms with E-state index < -0.39 is 44.2 Å². The number of aromatic nitrogens is 1. The molecule has 2 bridgehead atoms. The smallest absolute Gasteiger partial charge is 0.473 e. The van der Waals surface area contributed by atoms with E-state index in [2.05, 4.69) is 27.9 Å². The van der Waals surface area contributed by atoms with Crippen molar-refractivity contribution in [3.05, 3.63) is 72.0 Å². The number of aliphatic hydroxyl groups excluding tert-OH is 2. The fourth-order valence-electron chi connectivity index (χ4n) is 8.08. The Morgan fingerprint density at radius 2 is 2.02 bits per heavy atom. The molecule has 7 aliphatic rings. The standard InChI is InChI=1S/C20H24N2O2.C14H12NO9P/c1-3-13-12-22-9-7-14(13)10-19(22)20(23)16-6-8-21-18-5-4-15(24-2)11-17(16)18;16-6-1-5-4-2-7-12(22-3-21-7)10(17)8(4)14(18)15-9(5)13-11(6)23-25(19,20)24-13/h3-6,8,11,13-14,19-20,23H,1,7,9-10,12H2,2H3;1-2,6,9,11,13,16-17H,3H2,(H,15,18)(H,19,20)/t13-,14-,19-,20+;6-,9+,11+,13-/m00/s1. The van der Waals surface area contributed by atoms with Crippen molar-refractivity contribution >= 4 is 30.2 Å². The number of carbonyl (C=O) groups excluding carboxylic acids is 1. The maximum absolute atomic E-state index is 12.5. The summed E-state index contributed by atoms with van der Waals surface area (Å²) in [4.78, 5) is 28.9. The highest BCUT2D eigenvalue weighted by atomic mass is 31.2. The van der Waals surface area contributed by atoms with Crippen molar-refractivity contribution in [2.75, 3.05) is 27.0 Å². The molecule has 4 saturated heterocycles. The number of aliphatic hydroxyl groups is 2. The molecule has 14 nitrogen and oxygen atoms in total. The summed E-state index contributed by atoms with van der Waals surface area (Å²) in [6, 6.07) is 8.66. The molecular weight excluding hydrogens is 657 g/mol. The number of phenols is 1. The molecule has 2 aromatic carbocycles. The van der Waals surface area contributed by atoms with E-state index in [1.807, 2.05) is 24.3 Å². The van der Waals surface area contributed by atoms with Crippen LogP contribution in [0, 0.1) is 11.8 Å². The molecule has 49 heavy (non-hydrogen) atoms. The molecule has 10 rings (SSSR count). The Morgan fingerprint density at radius 1 is 1.20 bits per heavy atom. The maximum Gasteiger partial charge on any atom is 0.473 e. The molecule has 7 heterocycles.